The quantitative estimate of drug-likeness (QED) is 0.628. The zero-order valence-electron chi connectivity index (χ0n) is 11.6. The highest BCUT2D eigenvalue weighted by atomic mass is 16.5. The lowest BCUT2D eigenvalue weighted by molar-refractivity contribution is 0.112. The first-order chi connectivity index (χ1) is 9.58. The number of hydrogen-bond acceptors (Lipinski definition) is 6. The number of methoxy groups -OCH3 is 3. The van der Waals surface area contributed by atoms with Crippen LogP contribution in [0, 0.1) is 6.92 Å². The van der Waals surface area contributed by atoms with Crippen molar-refractivity contribution in [1.82, 2.24) is 0 Å². The molecule has 0 amide bonds. The predicted octanol–water partition coefficient (Wildman–Crippen LogP) is 1.94. The Morgan fingerprint density at radius 3 is 2.25 bits per heavy atom. The van der Waals surface area contributed by atoms with Crippen LogP contribution in [0.4, 0.5) is 0 Å². The van der Waals surface area contributed by atoms with Crippen LogP contribution in [0.25, 0.3) is 11.0 Å². The Morgan fingerprint density at radius 2 is 1.75 bits per heavy atom. The minimum Gasteiger partial charge on any atom is -0.495 e. The maximum absolute atomic E-state index is 11.8. The van der Waals surface area contributed by atoms with Gasteiger partial charge in [0.1, 0.15) is 11.3 Å². The summed E-state index contributed by atoms with van der Waals surface area (Å²) in [5.74, 6) is 0.858. The van der Waals surface area contributed by atoms with Crippen molar-refractivity contribution in [2.24, 2.45) is 0 Å². The van der Waals surface area contributed by atoms with Gasteiger partial charge in [0.15, 0.2) is 17.8 Å². The Labute approximate surface area is 114 Å². The summed E-state index contributed by atoms with van der Waals surface area (Å²) in [4.78, 5) is 23.2. The molecule has 0 radical (unpaired) electrons. The van der Waals surface area contributed by atoms with Gasteiger partial charge < -0.3 is 18.6 Å². The zero-order valence-corrected chi connectivity index (χ0v) is 11.6. The molecule has 0 N–H and O–H groups in total. The molecule has 0 bridgehead atoms. The Kier molecular flexibility index (Phi) is 3.65. The molecule has 1 aromatic carbocycles. The van der Waals surface area contributed by atoms with E-state index in [1.54, 1.807) is 6.92 Å². The molecule has 0 aliphatic rings. The lowest BCUT2D eigenvalue weighted by Crippen LogP contribution is -2.08. The average molecular weight is 278 g/mol. The van der Waals surface area contributed by atoms with Crippen LogP contribution in [-0.4, -0.2) is 27.6 Å². The lowest BCUT2D eigenvalue weighted by Gasteiger charge is -2.14. The fraction of sp³-hybridized carbons (Fsp3) is 0.286. The number of aldehydes is 1. The fourth-order valence-corrected chi connectivity index (χ4v) is 2.14. The van der Waals surface area contributed by atoms with Gasteiger partial charge >= 0.3 is 5.63 Å². The molecule has 0 unspecified atom stereocenters. The van der Waals surface area contributed by atoms with Gasteiger partial charge in [0.2, 0.25) is 0 Å². The first-order valence-electron chi connectivity index (χ1n) is 5.80. The van der Waals surface area contributed by atoms with Crippen molar-refractivity contribution in [1.29, 1.82) is 0 Å². The SMILES string of the molecule is COc1cc2oc(=O)c(C)c(OC)c2c(C=O)c1OC. The van der Waals surface area contributed by atoms with Crippen LogP contribution < -0.4 is 19.8 Å². The second-order valence-electron chi connectivity index (χ2n) is 4.06. The third-order valence-electron chi connectivity index (χ3n) is 3.07. The Hall–Kier alpha value is -2.50. The lowest BCUT2D eigenvalue weighted by atomic mass is 10.1. The average Bonchev–Trinajstić information content (AvgIpc) is 2.46. The van der Waals surface area contributed by atoms with Crippen molar-refractivity contribution in [3.05, 3.63) is 27.6 Å². The molecule has 6 nitrogen and oxygen atoms in total. The van der Waals surface area contributed by atoms with Crippen LogP contribution in [-0.2, 0) is 0 Å². The molecule has 0 spiro atoms. The van der Waals surface area contributed by atoms with Gasteiger partial charge in [-0.05, 0) is 6.92 Å². The van der Waals surface area contributed by atoms with Crippen LogP contribution in [0.3, 0.4) is 0 Å². The zero-order chi connectivity index (χ0) is 14.9. The van der Waals surface area contributed by atoms with Gasteiger partial charge in [0.25, 0.3) is 0 Å². The van der Waals surface area contributed by atoms with Crippen LogP contribution in [0.2, 0.25) is 0 Å². The van der Waals surface area contributed by atoms with E-state index in [0.29, 0.717) is 23.2 Å². The largest absolute Gasteiger partial charge is 0.495 e. The van der Waals surface area contributed by atoms with E-state index in [1.165, 1.54) is 27.4 Å². The summed E-state index contributed by atoms with van der Waals surface area (Å²) in [5, 5.41) is 0.386. The molecule has 1 aromatic heterocycles. The van der Waals surface area contributed by atoms with Gasteiger partial charge in [-0.15, -0.1) is 0 Å². The Bertz CT molecular complexity index is 729. The topological polar surface area (TPSA) is 75.0 Å². The monoisotopic (exact) mass is 278 g/mol. The summed E-state index contributed by atoms with van der Waals surface area (Å²) in [5.41, 5.74) is 0.177. The number of ether oxygens (including phenoxy) is 3. The van der Waals surface area contributed by atoms with E-state index >= 15 is 0 Å². The molecule has 0 fully saturated rings. The van der Waals surface area contributed by atoms with E-state index < -0.39 is 5.63 Å². The second-order valence-corrected chi connectivity index (χ2v) is 4.06. The summed E-state index contributed by atoms with van der Waals surface area (Å²) >= 11 is 0. The number of benzene rings is 1. The molecule has 20 heavy (non-hydrogen) atoms. The first kappa shape index (κ1) is 13.9. The Balaban J connectivity index is 3.08. The number of hydrogen-bond donors (Lipinski definition) is 0. The molecule has 106 valence electrons. The Morgan fingerprint density at radius 1 is 1.10 bits per heavy atom. The molecule has 6 heteroatoms. The van der Waals surface area contributed by atoms with Crippen LogP contribution in [0.1, 0.15) is 15.9 Å². The van der Waals surface area contributed by atoms with E-state index in [4.69, 9.17) is 18.6 Å². The maximum Gasteiger partial charge on any atom is 0.342 e. The smallest absolute Gasteiger partial charge is 0.342 e. The summed E-state index contributed by atoms with van der Waals surface area (Å²) in [6.07, 6.45) is 0.617. The minimum atomic E-state index is -0.529. The van der Waals surface area contributed by atoms with E-state index in [1.807, 2.05) is 0 Å². The van der Waals surface area contributed by atoms with E-state index in [-0.39, 0.29) is 22.5 Å². The maximum atomic E-state index is 11.8. The molecule has 0 aliphatic heterocycles. The molecule has 2 aromatic rings. The molecule has 0 saturated heterocycles. The fourth-order valence-electron chi connectivity index (χ4n) is 2.14. The highest BCUT2D eigenvalue weighted by Crippen LogP contribution is 2.40. The van der Waals surface area contributed by atoms with Gasteiger partial charge in [-0.2, -0.15) is 0 Å². The number of carbonyl (C=O) groups excluding carboxylic acids is 1. The van der Waals surface area contributed by atoms with Crippen molar-refractivity contribution < 1.29 is 23.4 Å². The first-order valence-corrected chi connectivity index (χ1v) is 5.80. The molecule has 0 aliphatic carbocycles. The van der Waals surface area contributed by atoms with Crippen molar-refractivity contribution in [2.45, 2.75) is 6.92 Å². The summed E-state index contributed by atoms with van der Waals surface area (Å²) < 4.78 is 20.8. The summed E-state index contributed by atoms with van der Waals surface area (Å²) in [6, 6.07) is 1.49. The third kappa shape index (κ3) is 1.89. The minimum absolute atomic E-state index is 0.206. The second kappa shape index (κ2) is 5.24. The van der Waals surface area contributed by atoms with Crippen LogP contribution in [0.5, 0.6) is 17.2 Å². The van der Waals surface area contributed by atoms with Gasteiger partial charge in [-0.3, -0.25) is 4.79 Å². The van der Waals surface area contributed by atoms with Crippen LogP contribution in [0.15, 0.2) is 15.3 Å². The molecule has 0 atom stereocenters. The number of carbonyl (C=O) groups is 1. The summed E-state index contributed by atoms with van der Waals surface area (Å²) in [6.45, 7) is 1.56. The van der Waals surface area contributed by atoms with Gasteiger partial charge in [-0.25, -0.2) is 4.79 Å². The summed E-state index contributed by atoms with van der Waals surface area (Å²) in [7, 11) is 4.28. The van der Waals surface area contributed by atoms with E-state index in [2.05, 4.69) is 0 Å². The predicted molar refractivity (Wildman–Crippen MR) is 72.3 cm³/mol. The highest BCUT2D eigenvalue weighted by Gasteiger charge is 2.22. The van der Waals surface area contributed by atoms with Crippen molar-refractivity contribution >= 4 is 17.3 Å². The third-order valence-corrected chi connectivity index (χ3v) is 3.07. The van der Waals surface area contributed by atoms with E-state index in [9.17, 15) is 9.59 Å². The molecular formula is C14H14O6. The van der Waals surface area contributed by atoms with Crippen molar-refractivity contribution in [3.63, 3.8) is 0 Å². The van der Waals surface area contributed by atoms with Crippen LogP contribution >= 0.6 is 0 Å². The van der Waals surface area contributed by atoms with E-state index in [0.717, 1.165) is 0 Å². The molecule has 2 rings (SSSR count). The van der Waals surface area contributed by atoms with Gasteiger partial charge in [0.05, 0.1) is 37.8 Å². The molecule has 1 heterocycles. The number of fused-ring (bicyclic) bond motifs is 1. The molecular weight excluding hydrogens is 264 g/mol. The van der Waals surface area contributed by atoms with Crippen molar-refractivity contribution in [3.8, 4) is 17.2 Å². The standard InChI is InChI=1S/C14H14O6/c1-7-12(18-3)11-8(6-15)13(19-4)10(17-2)5-9(11)20-14(7)16/h5-6H,1-4H3. The van der Waals surface area contributed by atoms with Crippen molar-refractivity contribution in [2.75, 3.05) is 21.3 Å². The number of rotatable bonds is 4. The van der Waals surface area contributed by atoms with Gasteiger partial charge in [-0.1, -0.05) is 0 Å². The van der Waals surface area contributed by atoms with Gasteiger partial charge in [0, 0.05) is 6.07 Å². The highest BCUT2D eigenvalue weighted by molar-refractivity contribution is 6.03. The molecule has 0 saturated carbocycles. The normalized spacial score (nSPS) is 10.4.